The molecule has 3 nitrogen and oxygen atoms in total. The van der Waals surface area contributed by atoms with Crippen LogP contribution in [-0.4, -0.2) is 19.5 Å². The van der Waals surface area contributed by atoms with Crippen LogP contribution >= 0.6 is 0 Å². The predicted octanol–water partition coefficient (Wildman–Crippen LogP) is 4.50. The average Bonchev–Trinajstić information content (AvgIpc) is 2.53. The Morgan fingerprint density at radius 3 is 2.57 bits per heavy atom. The Morgan fingerprint density at radius 2 is 1.87 bits per heavy atom. The van der Waals surface area contributed by atoms with Crippen molar-refractivity contribution in [3.8, 4) is 11.5 Å². The molecule has 0 heterocycles. The second-order valence-electron chi connectivity index (χ2n) is 4.82. The number of halogens is 2. The summed E-state index contributed by atoms with van der Waals surface area (Å²) in [6.45, 7) is -1.05. The lowest BCUT2D eigenvalue weighted by Gasteiger charge is -2.08. The number of carbonyl (C=O) groups excluding carboxylic acids is 1. The van der Waals surface area contributed by atoms with Crippen LogP contribution in [0, 0.1) is 6.92 Å². The highest BCUT2D eigenvalue weighted by Gasteiger charge is 2.11. The zero-order valence-electron chi connectivity index (χ0n) is 12.8. The molecule has 2 aromatic rings. The number of methoxy groups -OCH3 is 1. The summed E-state index contributed by atoms with van der Waals surface area (Å²) in [6, 6.07) is 11.5. The van der Waals surface area contributed by atoms with Crippen molar-refractivity contribution in [3.63, 3.8) is 0 Å². The predicted molar refractivity (Wildman–Crippen MR) is 84.2 cm³/mol. The highest BCUT2D eigenvalue weighted by atomic mass is 19.3. The Morgan fingerprint density at radius 1 is 1.13 bits per heavy atom. The smallest absolute Gasteiger partial charge is 0.387 e. The summed E-state index contributed by atoms with van der Waals surface area (Å²) < 4.78 is 34.4. The van der Waals surface area contributed by atoms with Gasteiger partial charge in [-0.3, -0.25) is 4.79 Å². The lowest BCUT2D eigenvalue weighted by Crippen LogP contribution is -2.03. The van der Waals surface area contributed by atoms with E-state index >= 15 is 0 Å². The van der Waals surface area contributed by atoms with Gasteiger partial charge in [0.1, 0.15) is 11.5 Å². The maximum Gasteiger partial charge on any atom is 0.387 e. The molecule has 0 saturated heterocycles. The van der Waals surface area contributed by atoms with E-state index in [0.717, 1.165) is 5.56 Å². The van der Waals surface area contributed by atoms with Crippen molar-refractivity contribution in [1.82, 2.24) is 0 Å². The molecule has 2 aromatic carbocycles. The number of hydrogen-bond donors (Lipinski definition) is 0. The summed E-state index contributed by atoms with van der Waals surface area (Å²) in [5.41, 5.74) is 1.73. The number of ether oxygens (including phenoxy) is 2. The summed E-state index contributed by atoms with van der Waals surface area (Å²) in [4.78, 5) is 12.3. The fourth-order valence-electron chi connectivity index (χ4n) is 2.09. The fraction of sp³-hybridized carbons (Fsp3) is 0.167. The van der Waals surface area contributed by atoms with Crippen molar-refractivity contribution in [2.75, 3.05) is 7.11 Å². The third-order valence-electron chi connectivity index (χ3n) is 3.17. The highest BCUT2D eigenvalue weighted by Crippen LogP contribution is 2.24. The van der Waals surface area contributed by atoms with Gasteiger partial charge in [-0.1, -0.05) is 29.8 Å². The number of para-hydroxylation sites is 1. The first-order chi connectivity index (χ1) is 11.0. The third-order valence-corrected chi connectivity index (χ3v) is 3.17. The van der Waals surface area contributed by atoms with E-state index in [4.69, 9.17) is 4.74 Å². The number of carbonyl (C=O) groups is 1. The van der Waals surface area contributed by atoms with Gasteiger partial charge in [0.2, 0.25) is 0 Å². The van der Waals surface area contributed by atoms with Gasteiger partial charge < -0.3 is 9.47 Å². The van der Waals surface area contributed by atoms with Crippen LogP contribution in [0.3, 0.4) is 0 Å². The summed E-state index contributed by atoms with van der Waals surface area (Å²) in [6.07, 6.45) is 2.76. The monoisotopic (exact) mass is 318 g/mol. The zero-order valence-corrected chi connectivity index (χ0v) is 12.8. The van der Waals surface area contributed by atoms with Gasteiger partial charge >= 0.3 is 6.61 Å². The molecular weight excluding hydrogens is 302 g/mol. The molecule has 0 unspecified atom stereocenters. The summed E-state index contributed by atoms with van der Waals surface area (Å²) in [5.74, 6) is 0.197. The van der Waals surface area contributed by atoms with Crippen LogP contribution in [0.1, 0.15) is 21.5 Å². The highest BCUT2D eigenvalue weighted by molar-refractivity contribution is 6.08. The van der Waals surface area contributed by atoms with Crippen LogP contribution in [0.15, 0.2) is 48.5 Å². The van der Waals surface area contributed by atoms with Gasteiger partial charge in [-0.25, -0.2) is 0 Å². The second kappa shape index (κ2) is 7.54. The van der Waals surface area contributed by atoms with Gasteiger partial charge in [-0.05, 0) is 37.3 Å². The first kappa shape index (κ1) is 16.7. The minimum atomic E-state index is -2.92. The number of allylic oxidation sites excluding steroid dienone is 1. The molecule has 0 atom stereocenters. The molecule has 0 fully saturated rings. The van der Waals surface area contributed by atoms with Crippen LogP contribution in [0.4, 0.5) is 8.78 Å². The molecule has 2 rings (SSSR count). The Balaban J connectivity index is 2.27. The maximum atomic E-state index is 12.4. The molecule has 0 spiro atoms. The lowest BCUT2D eigenvalue weighted by molar-refractivity contribution is -0.0499. The van der Waals surface area contributed by atoms with Crippen LogP contribution in [0.25, 0.3) is 6.08 Å². The van der Waals surface area contributed by atoms with Gasteiger partial charge in [0.05, 0.1) is 12.7 Å². The Bertz CT molecular complexity index is 724. The third kappa shape index (κ3) is 4.39. The van der Waals surface area contributed by atoms with E-state index in [1.54, 1.807) is 30.3 Å². The standard InChI is InChI=1S/C18H16F2O3/c1-12-7-10-17(22-2)14(11-12)15(21)9-8-13-5-3-4-6-16(13)23-18(19)20/h3-11,18H,1-2H3/b9-8+. The SMILES string of the molecule is COc1ccc(C)cc1C(=O)/C=C/c1ccccc1OC(F)F. The molecule has 0 bridgehead atoms. The van der Waals surface area contributed by atoms with E-state index in [2.05, 4.69) is 4.74 Å². The molecule has 23 heavy (non-hydrogen) atoms. The van der Waals surface area contributed by atoms with Gasteiger partial charge in [0.15, 0.2) is 5.78 Å². The topological polar surface area (TPSA) is 35.5 Å². The maximum absolute atomic E-state index is 12.4. The zero-order chi connectivity index (χ0) is 16.8. The van der Waals surface area contributed by atoms with Crippen LogP contribution in [0.5, 0.6) is 11.5 Å². The first-order valence-electron chi connectivity index (χ1n) is 6.92. The molecule has 0 aliphatic rings. The minimum absolute atomic E-state index is 0.0164. The quantitative estimate of drug-likeness (QED) is 0.581. The summed E-state index contributed by atoms with van der Waals surface area (Å²) >= 11 is 0. The van der Waals surface area contributed by atoms with Gasteiger partial charge in [-0.2, -0.15) is 8.78 Å². The van der Waals surface area contributed by atoms with Gasteiger partial charge in [-0.15, -0.1) is 0 Å². The first-order valence-corrected chi connectivity index (χ1v) is 6.92. The molecular formula is C18H16F2O3. The van der Waals surface area contributed by atoms with Gasteiger partial charge in [0.25, 0.3) is 0 Å². The van der Waals surface area contributed by atoms with Crippen LogP contribution < -0.4 is 9.47 Å². The van der Waals surface area contributed by atoms with E-state index in [1.807, 2.05) is 13.0 Å². The number of benzene rings is 2. The minimum Gasteiger partial charge on any atom is -0.496 e. The molecule has 0 N–H and O–H groups in total. The van der Waals surface area contributed by atoms with E-state index in [-0.39, 0.29) is 11.5 Å². The van der Waals surface area contributed by atoms with Crippen molar-refractivity contribution >= 4 is 11.9 Å². The molecule has 120 valence electrons. The summed E-state index contributed by atoms with van der Waals surface area (Å²) in [5, 5.41) is 0. The number of hydrogen-bond acceptors (Lipinski definition) is 3. The normalized spacial score (nSPS) is 11.0. The Kier molecular flexibility index (Phi) is 5.46. The molecule has 0 aliphatic carbocycles. The number of rotatable bonds is 6. The van der Waals surface area contributed by atoms with Crippen molar-refractivity contribution < 1.29 is 23.0 Å². The number of ketones is 1. The van der Waals surface area contributed by atoms with Crippen molar-refractivity contribution in [3.05, 3.63) is 65.2 Å². The molecule has 5 heteroatoms. The molecule has 0 aliphatic heterocycles. The molecule has 0 amide bonds. The summed E-state index contributed by atoms with van der Waals surface area (Å²) in [7, 11) is 1.48. The molecule has 0 radical (unpaired) electrons. The number of aryl methyl sites for hydroxylation is 1. The van der Waals surface area contributed by atoms with E-state index in [9.17, 15) is 13.6 Å². The average molecular weight is 318 g/mol. The van der Waals surface area contributed by atoms with E-state index in [0.29, 0.717) is 16.9 Å². The van der Waals surface area contributed by atoms with Crippen LogP contribution in [-0.2, 0) is 0 Å². The van der Waals surface area contributed by atoms with Crippen molar-refractivity contribution in [1.29, 1.82) is 0 Å². The Labute approximate surface area is 133 Å². The lowest BCUT2D eigenvalue weighted by atomic mass is 10.0. The second-order valence-corrected chi connectivity index (χ2v) is 4.82. The largest absolute Gasteiger partial charge is 0.496 e. The van der Waals surface area contributed by atoms with Crippen LogP contribution in [0.2, 0.25) is 0 Å². The van der Waals surface area contributed by atoms with Crippen molar-refractivity contribution in [2.45, 2.75) is 13.5 Å². The van der Waals surface area contributed by atoms with Crippen molar-refractivity contribution in [2.24, 2.45) is 0 Å². The fourth-order valence-corrected chi connectivity index (χ4v) is 2.09. The Hall–Kier alpha value is -2.69. The van der Waals surface area contributed by atoms with Gasteiger partial charge in [0, 0.05) is 5.56 Å². The molecule has 0 aromatic heterocycles. The van der Waals surface area contributed by atoms with E-state index < -0.39 is 6.61 Å². The number of alkyl halides is 2. The molecule has 0 saturated carbocycles. The van der Waals surface area contributed by atoms with E-state index in [1.165, 1.54) is 25.3 Å².